The van der Waals surface area contributed by atoms with Crippen molar-refractivity contribution in [2.45, 2.75) is 6.92 Å². The summed E-state index contributed by atoms with van der Waals surface area (Å²) in [5.74, 6) is -1.43. The molecule has 8 heteroatoms. The Kier molecular flexibility index (Phi) is 5.30. The number of anilines is 1. The summed E-state index contributed by atoms with van der Waals surface area (Å²) in [7, 11) is 1.54. The van der Waals surface area contributed by atoms with Gasteiger partial charge in [-0.25, -0.2) is 4.79 Å². The predicted molar refractivity (Wildman–Crippen MR) is 101 cm³/mol. The Morgan fingerprint density at radius 3 is 2.61 bits per heavy atom. The highest BCUT2D eigenvalue weighted by atomic mass is 16.5. The number of ether oxygens (including phenoxy) is 2. The maximum absolute atomic E-state index is 12.3. The average Bonchev–Trinajstić information content (AvgIpc) is 3.02. The number of hydrogen-bond acceptors (Lipinski definition) is 6. The van der Waals surface area contributed by atoms with E-state index in [9.17, 15) is 14.4 Å². The van der Waals surface area contributed by atoms with E-state index in [2.05, 4.69) is 5.32 Å². The number of aryl methyl sites for hydroxylation is 1. The van der Waals surface area contributed by atoms with Gasteiger partial charge in [0.2, 0.25) is 5.76 Å². The number of fused-ring (bicyclic) bond motifs is 1. The zero-order chi connectivity index (χ0) is 20.3. The van der Waals surface area contributed by atoms with Crippen LogP contribution in [-0.4, -0.2) is 31.5 Å². The van der Waals surface area contributed by atoms with Crippen molar-refractivity contribution in [2.24, 2.45) is 5.73 Å². The van der Waals surface area contributed by atoms with Crippen LogP contribution in [-0.2, 0) is 9.53 Å². The molecule has 0 saturated heterocycles. The molecule has 0 radical (unpaired) electrons. The Morgan fingerprint density at radius 1 is 1.14 bits per heavy atom. The topological polar surface area (TPSA) is 121 Å². The molecule has 1 heterocycles. The van der Waals surface area contributed by atoms with Crippen molar-refractivity contribution in [3.8, 4) is 5.75 Å². The number of rotatable bonds is 6. The summed E-state index contributed by atoms with van der Waals surface area (Å²) >= 11 is 0. The second-order valence-electron chi connectivity index (χ2n) is 5.95. The molecular weight excluding hydrogens is 364 g/mol. The number of hydrogen-bond donors (Lipinski definition) is 2. The lowest BCUT2D eigenvalue weighted by atomic mass is 10.1. The van der Waals surface area contributed by atoms with Gasteiger partial charge in [0.05, 0.1) is 18.4 Å². The van der Waals surface area contributed by atoms with Crippen molar-refractivity contribution in [1.29, 1.82) is 0 Å². The van der Waals surface area contributed by atoms with Gasteiger partial charge in [0.15, 0.2) is 6.61 Å². The molecule has 0 fully saturated rings. The fourth-order valence-electron chi connectivity index (χ4n) is 2.71. The van der Waals surface area contributed by atoms with Crippen molar-refractivity contribution >= 4 is 34.4 Å². The highest BCUT2D eigenvalue weighted by molar-refractivity contribution is 6.04. The fourth-order valence-corrected chi connectivity index (χ4v) is 2.71. The maximum Gasteiger partial charge on any atom is 0.375 e. The third-order valence-corrected chi connectivity index (χ3v) is 4.13. The smallest absolute Gasteiger partial charge is 0.375 e. The number of carbonyl (C=O) groups excluding carboxylic acids is 3. The molecule has 0 atom stereocenters. The quantitative estimate of drug-likeness (QED) is 0.632. The van der Waals surface area contributed by atoms with E-state index in [0.29, 0.717) is 22.3 Å². The summed E-state index contributed by atoms with van der Waals surface area (Å²) in [5.41, 5.74) is 6.75. The van der Waals surface area contributed by atoms with Crippen LogP contribution in [0.25, 0.3) is 11.0 Å². The SMILES string of the molecule is COc1ccc2oc(C(=O)OCC(=O)Nc3ccccc3C(N)=O)c(C)c2c1. The molecule has 0 aliphatic heterocycles. The zero-order valence-electron chi connectivity index (χ0n) is 15.3. The first-order valence-corrected chi connectivity index (χ1v) is 8.33. The van der Waals surface area contributed by atoms with E-state index in [1.807, 2.05) is 0 Å². The number of primary amides is 1. The second kappa shape index (κ2) is 7.83. The van der Waals surface area contributed by atoms with E-state index in [1.54, 1.807) is 44.4 Å². The summed E-state index contributed by atoms with van der Waals surface area (Å²) in [6.07, 6.45) is 0. The van der Waals surface area contributed by atoms with Crippen molar-refractivity contribution in [3.63, 3.8) is 0 Å². The van der Waals surface area contributed by atoms with Gasteiger partial charge in [0.1, 0.15) is 11.3 Å². The molecule has 0 saturated carbocycles. The van der Waals surface area contributed by atoms with E-state index in [-0.39, 0.29) is 17.0 Å². The Balaban J connectivity index is 1.69. The Bertz CT molecular complexity index is 1070. The number of furan rings is 1. The number of nitrogens with one attached hydrogen (secondary N) is 1. The summed E-state index contributed by atoms with van der Waals surface area (Å²) < 4.78 is 15.7. The summed E-state index contributed by atoms with van der Waals surface area (Å²) in [6, 6.07) is 11.4. The minimum Gasteiger partial charge on any atom is -0.497 e. The van der Waals surface area contributed by atoms with E-state index < -0.39 is 24.4 Å². The molecule has 2 amide bonds. The normalized spacial score (nSPS) is 10.5. The number of amides is 2. The van der Waals surface area contributed by atoms with Crippen LogP contribution in [0.15, 0.2) is 46.9 Å². The second-order valence-corrected chi connectivity index (χ2v) is 5.95. The number of benzene rings is 2. The maximum atomic E-state index is 12.3. The van der Waals surface area contributed by atoms with Crippen molar-refractivity contribution < 1.29 is 28.3 Å². The lowest BCUT2D eigenvalue weighted by molar-refractivity contribution is -0.119. The average molecular weight is 382 g/mol. The fraction of sp³-hybridized carbons (Fsp3) is 0.150. The van der Waals surface area contributed by atoms with Crippen LogP contribution in [0.1, 0.15) is 26.5 Å². The predicted octanol–water partition coefficient (Wildman–Crippen LogP) is 2.64. The largest absolute Gasteiger partial charge is 0.497 e. The van der Waals surface area contributed by atoms with Gasteiger partial charge >= 0.3 is 5.97 Å². The van der Waals surface area contributed by atoms with Crippen molar-refractivity contribution in [1.82, 2.24) is 0 Å². The molecule has 1 aromatic heterocycles. The lowest BCUT2D eigenvalue weighted by Crippen LogP contribution is -2.23. The van der Waals surface area contributed by atoms with E-state index in [0.717, 1.165) is 0 Å². The summed E-state index contributed by atoms with van der Waals surface area (Å²) in [6.45, 7) is 1.16. The number of para-hydroxylation sites is 1. The van der Waals surface area contributed by atoms with Crippen molar-refractivity contribution in [3.05, 3.63) is 59.4 Å². The highest BCUT2D eigenvalue weighted by Gasteiger charge is 2.21. The van der Waals surface area contributed by atoms with Crippen LogP contribution >= 0.6 is 0 Å². The van der Waals surface area contributed by atoms with Gasteiger partial charge in [-0.15, -0.1) is 0 Å². The zero-order valence-corrected chi connectivity index (χ0v) is 15.3. The van der Waals surface area contributed by atoms with Crippen molar-refractivity contribution in [2.75, 3.05) is 19.0 Å². The monoisotopic (exact) mass is 382 g/mol. The third-order valence-electron chi connectivity index (χ3n) is 4.13. The van der Waals surface area contributed by atoms with Crippen LogP contribution in [0.5, 0.6) is 5.75 Å². The minimum absolute atomic E-state index is 0.00795. The molecule has 0 spiro atoms. The molecule has 3 N–H and O–H groups in total. The molecule has 0 unspecified atom stereocenters. The van der Waals surface area contributed by atoms with E-state index >= 15 is 0 Å². The molecule has 0 bridgehead atoms. The molecule has 28 heavy (non-hydrogen) atoms. The Hall–Kier alpha value is -3.81. The van der Waals surface area contributed by atoms with Gasteiger partial charge in [0, 0.05) is 10.9 Å². The summed E-state index contributed by atoms with van der Waals surface area (Å²) in [5, 5.41) is 3.20. The first-order valence-electron chi connectivity index (χ1n) is 8.33. The molecule has 3 aromatic rings. The highest BCUT2D eigenvalue weighted by Crippen LogP contribution is 2.29. The summed E-state index contributed by atoms with van der Waals surface area (Å²) in [4.78, 5) is 35.8. The Morgan fingerprint density at radius 2 is 1.89 bits per heavy atom. The van der Waals surface area contributed by atoms with Crippen LogP contribution in [0.2, 0.25) is 0 Å². The first-order chi connectivity index (χ1) is 13.4. The first kappa shape index (κ1) is 19.0. The number of esters is 1. The number of carbonyl (C=O) groups is 3. The standard InChI is InChI=1S/C20H18N2O6/c1-11-14-9-12(26-2)7-8-16(14)28-18(11)20(25)27-10-17(23)22-15-6-4-3-5-13(15)19(21)24/h3-9H,10H2,1-2H3,(H2,21,24)(H,22,23). The van der Waals surface area contributed by atoms with Crippen LogP contribution in [0.4, 0.5) is 5.69 Å². The van der Waals surface area contributed by atoms with Crippen LogP contribution < -0.4 is 15.8 Å². The van der Waals surface area contributed by atoms with Gasteiger partial charge in [0.25, 0.3) is 11.8 Å². The molecule has 8 nitrogen and oxygen atoms in total. The lowest BCUT2D eigenvalue weighted by Gasteiger charge is -2.09. The minimum atomic E-state index is -0.772. The molecule has 3 rings (SSSR count). The van der Waals surface area contributed by atoms with Gasteiger partial charge in [-0.05, 0) is 37.3 Å². The van der Waals surface area contributed by atoms with Gasteiger partial charge in [-0.3, -0.25) is 9.59 Å². The third kappa shape index (κ3) is 3.80. The van der Waals surface area contributed by atoms with Crippen LogP contribution in [0, 0.1) is 6.92 Å². The molecular formula is C20H18N2O6. The Labute approximate surface area is 160 Å². The van der Waals surface area contributed by atoms with E-state index in [1.165, 1.54) is 12.1 Å². The van der Waals surface area contributed by atoms with E-state index in [4.69, 9.17) is 19.6 Å². The van der Waals surface area contributed by atoms with Crippen LogP contribution in [0.3, 0.4) is 0 Å². The molecule has 0 aliphatic carbocycles. The van der Waals surface area contributed by atoms with Gasteiger partial charge in [-0.1, -0.05) is 12.1 Å². The molecule has 144 valence electrons. The van der Waals surface area contributed by atoms with Gasteiger partial charge < -0.3 is 24.9 Å². The number of nitrogens with two attached hydrogens (primary N) is 1. The molecule has 2 aromatic carbocycles. The number of methoxy groups -OCH3 is 1. The molecule has 0 aliphatic rings. The van der Waals surface area contributed by atoms with Gasteiger partial charge in [-0.2, -0.15) is 0 Å².